The summed E-state index contributed by atoms with van der Waals surface area (Å²) < 4.78 is 43.7. The van der Waals surface area contributed by atoms with Crippen LogP contribution < -0.4 is 19.9 Å². The topological polar surface area (TPSA) is 91.1 Å². The number of piperidine rings is 1. The van der Waals surface area contributed by atoms with E-state index >= 15 is 0 Å². The zero-order chi connectivity index (χ0) is 18.1. The zero-order valence-corrected chi connectivity index (χ0v) is 16.9. The Morgan fingerprint density at radius 2 is 1.64 bits per heavy atom. The van der Waals surface area contributed by atoms with Crippen molar-refractivity contribution in [1.29, 1.82) is 0 Å². The summed E-state index contributed by atoms with van der Waals surface area (Å²) >= 11 is 0. The van der Waals surface area contributed by atoms with Gasteiger partial charge < -0.3 is 19.9 Å². The molecule has 0 spiro atoms. The number of benzene rings is 1. The Balaban J connectivity index is 0.00000312. The van der Waals surface area contributed by atoms with Crippen LogP contribution in [-0.2, 0) is 10.0 Å². The maximum Gasteiger partial charge on any atom is 0.250 e. The molecule has 1 aliphatic rings. The molecule has 2 N–H and O–H groups in total. The summed E-state index contributed by atoms with van der Waals surface area (Å²) in [5.74, 6) is 0.849. The van der Waals surface area contributed by atoms with E-state index in [-0.39, 0.29) is 40.3 Å². The van der Waals surface area contributed by atoms with E-state index in [4.69, 9.17) is 19.9 Å². The molecule has 2 rings (SSSR count). The van der Waals surface area contributed by atoms with Gasteiger partial charge in [-0.1, -0.05) is 13.8 Å². The number of methoxy groups -OCH3 is 3. The molecule has 1 atom stereocenters. The first kappa shape index (κ1) is 21.8. The molecule has 1 aromatic rings. The molecule has 1 fully saturated rings. The minimum atomic E-state index is -3.79. The van der Waals surface area contributed by atoms with Gasteiger partial charge in [-0.25, -0.2) is 8.42 Å². The van der Waals surface area contributed by atoms with Crippen LogP contribution in [0.4, 0.5) is 0 Å². The normalized spacial score (nSPS) is 20.5. The van der Waals surface area contributed by atoms with E-state index in [1.165, 1.54) is 37.8 Å². The molecule has 25 heavy (non-hydrogen) atoms. The zero-order valence-electron chi connectivity index (χ0n) is 15.2. The standard InChI is InChI=1S/C16H26N2O5S.ClH/c1-16(2)10-18(7-6-14(16)17)24(19,20)15-12(22-4)8-11(21-3)9-13(15)23-5;/h8-9,14H,6-7,10,17H2,1-5H3;1H. The lowest BCUT2D eigenvalue weighted by molar-refractivity contribution is 0.155. The Labute approximate surface area is 155 Å². The van der Waals surface area contributed by atoms with E-state index in [9.17, 15) is 8.42 Å². The third-order valence-corrected chi connectivity index (χ3v) is 6.45. The molecule has 0 bridgehead atoms. The summed E-state index contributed by atoms with van der Waals surface area (Å²) in [6.45, 7) is 4.66. The molecule has 1 aromatic carbocycles. The minimum Gasteiger partial charge on any atom is -0.496 e. The molecular formula is C16H27ClN2O5S. The average Bonchev–Trinajstić information content (AvgIpc) is 2.55. The summed E-state index contributed by atoms with van der Waals surface area (Å²) in [7, 11) is 0.542. The molecule has 0 amide bonds. The predicted molar refractivity (Wildman–Crippen MR) is 98.5 cm³/mol. The van der Waals surface area contributed by atoms with E-state index in [0.29, 0.717) is 25.3 Å². The lowest BCUT2D eigenvalue weighted by Gasteiger charge is -2.41. The first-order valence-corrected chi connectivity index (χ1v) is 9.17. The number of ether oxygens (including phenoxy) is 3. The van der Waals surface area contributed by atoms with Gasteiger partial charge in [0.1, 0.15) is 17.2 Å². The van der Waals surface area contributed by atoms with Gasteiger partial charge in [0.05, 0.1) is 21.3 Å². The molecule has 7 nitrogen and oxygen atoms in total. The molecule has 144 valence electrons. The van der Waals surface area contributed by atoms with Crippen LogP contribution in [0.1, 0.15) is 20.3 Å². The van der Waals surface area contributed by atoms with Gasteiger partial charge in [0.25, 0.3) is 10.0 Å². The van der Waals surface area contributed by atoms with Crippen molar-refractivity contribution in [3.63, 3.8) is 0 Å². The molecule has 9 heteroatoms. The average molecular weight is 395 g/mol. The molecule has 1 unspecified atom stereocenters. The van der Waals surface area contributed by atoms with Crippen LogP contribution in [0.25, 0.3) is 0 Å². The molecule has 1 saturated heterocycles. The number of nitrogens with zero attached hydrogens (tertiary/aromatic N) is 1. The van der Waals surface area contributed by atoms with E-state index in [2.05, 4.69) is 0 Å². The molecule has 0 aromatic heterocycles. The van der Waals surface area contributed by atoms with Crippen molar-refractivity contribution in [3.05, 3.63) is 12.1 Å². The number of sulfonamides is 1. The highest BCUT2D eigenvalue weighted by atomic mass is 35.5. The smallest absolute Gasteiger partial charge is 0.250 e. The summed E-state index contributed by atoms with van der Waals surface area (Å²) in [4.78, 5) is 0.0135. The lowest BCUT2D eigenvalue weighted by Crippen LogP contribution is -2.53. The summed E-state index contributed by atoms with van der Waals surface area (Å²) in [6.07, 6.45) is 0.604. The quantitative estimate of drug-likeness (QED) is 0.819. The SMILES string of the molecule is COc1cc(OC)c(S(=O)(=O)N2CCC(N)C(C)(C)C2)c(OC)c1.Cl. The Bertz CT molecular complexity index is 683. The summed E-state index contributed by atoms with van der Waals surface area (Å²) in [6, 6.07) is 3.04. The van der Waals surface area contributed by atoms with E-state index < -0.39 is 10.0 Å². The fraction of sp³-hybridized carbons (Fsp3) is 0.625. The number of hydrogen-bond donors (Lipinski definition) is 1. The highest BCUT2D eigenvalue weighted by molar-refractivity contribution is 7.89. The van der Waals surface area contributed by atoms with Crippen LogP contribution in [0.2, 0.25) is 0 Å². The number of halogens is 1. The predicted octanol–water partition coefficient (Wildman–Crippen LogP) is 1.88. The van der Waals surface area contributed by atoms with E-state index in [1.807, 2.05) is 13.8 Å². The number of rotatable bonds is 5. The van der Waals surface area contributed by atoms with Gasteiger partial charge >= 0.3 is 0 Å². The first-order chi connectivity index (χ1) is 11.2. The Kier molecular flexibility index (Phi) is 6.97. The van der Waals surface area contributed by atoms with Crippen LogP contribution in [0, 0.1) is 5.41 Å². The van der Waals surface area contributed by atoms with Gasteiger partial charge in [0, 0.05) is 31.3 Å². The largest absolute Gasteiger partial charge is 0.496 e. The molecular weight excluding hydrogens is 368 g/mol. The van der Waals surface area contributed by atoms with Crippen LogP contribution >= 0.6 is 12.4 Å². The van der Waals surface area contributed by atoms with Gasteiger partial charge in [-0.3, -0.25) is 0 Å². The molecule has 1 heterocycles. The van der Waals surface area contributed by atoms with Crippen LogP contribution in [0.5, 0.6) is 17.2 Å². The third kappa shape index (κ3) is 4.13. The van der Waals surface area contributed by atoms with Gasteiger partial charge in [0.2, 0.25) is 0 Å². The van der Waals surface area contributed by atoms with Gasteiger partial charge in [-0.15, -0.1) is 12.4 Å². The monoisotopic (exact) mass is 394 g/mol. The summed E-state index contributed by atoms with van der Waals surface area (Å²) in [5.41, 5.74) is 5.81. The van der Waals surface area contributed by atoms with Crippen molar-refractivity contribution in [3.8, 4) is 17.2 Å². The van der Waals surface area contributed by atoms with Crippen molar-refractivity contribution >= 4 is 22.4 Å². The van der Waals surface area contributed by atoms with E-state index in [0.717, 1.165) is 0 Å². The minimum absolute atomic E-state index is 0. The lowest BCUT2D eigenvalue weighted by atomic mass is 9.81. The van der Waals surface area contributed by atoms with Crippen molar-refractivity contribution < 1.29 is 22.6 Å². The van der Waals surface area contributed by atoms with Gasteiger partial charge in [0.15, 0.2) is 4.90 Å². The van der Waals surface area contributed by atoms with Crippen molar-refractivity contribution in [2.24, 2.45) is 11.1 Å². The highest BCUT2D eigenvalue weighted by Crippen LogP contribution is 2.41. The second kappa shape index (κ2) is 7.99. The maximum atomic E-state index is 13.2. The first-order valence-electron chi connectivity index (χ1n) is 7.73. The Morgan fingerprint density at radius 3 is 2.04 bits per heavy atom. The fourth-order valence-electron chi connectivity index (χ4n) is 2.89. The van der Waals surface area contributed by atoms with E-state index in [1.54, 1.807) is 0 Å². The second-order valence-electron chi connectivity index (χ2n) is 6.58. The van der Waals surface area contributed by atoms with Gasteiger partial charge in [-0.05, 0) is 11.8 Å². The van der Waals surface area contributed by atoms with Crippen LogP contribution in [0.15, 0.2) is 17.0 Å². The van der Waals surface area contributed by atoms with Gasteiger partial charge in [-0.2, -0.15) is 4.31 Å². The second-order valence-corrected chi connectivity index (χ2v) is 8.46. The fourth-order valence-corrected chi connectivity index (χ4v) is 4.79. The third-order valence-electron chi connectivity index (χ3n) is 4.54. The number of nitrogens with two attached hydrogens (primary N) is 1. The van der Waals surface area contributed by atoms with Crippen LogP contribution in [0.3, 0.4) is 0 Å². The Hall–Kier alpha value is -1.22. The Morgan fingerprint density at radius 1 is 1.12 bits per heavy atom. The summed E-state index contributed by atoms with van der Waals surface area (Å²) in [5, 5.41) is 0. The van der Waals surface area contributed by atoms with Crippen molar-refractivity contribution in [1.82, 2.24) is 4.31 Å². The van der Waals surface area contributed by atoms with Crippen LogP contribution in [-0.4, -0.2) is 53.2 Å². The molecule has 0 aliphatic carbocycles. The maximum absolute atomic E-state index is 13.2. The molecule has 0 saturated carbocycles. The number of hydrogen-bond acceptors (Lipinski definition) is 6. The molecule has 1 aliphatic heterocycles. The molecule has 0 radical (unpaired) electrons. The van der Waals surface area contributed by atoms with Crippen molar-refractivity contribution in [2.45, 2.75) is 31.2 Å². The highest BCUT2D eigenvalue weighted by Gasteiger charge is 2.41. The van der Waals surface area contributed by atoms with Crippen molar-refractivity contribution in [2.75, 3.05) is 34.4 Å².